The maximum absolute atomic E-state index is 13.5. The molecule has 1 saturated carbocycles. The van der Waals surface area contributed by atoms with Crippen LogP contribution in [0.5, 0.6) is 11.5 Å². The van der Waals surface area contributed by atoms with Crippen molar-refractivity contribution in [2.24, 2.45) is 0 Å². The van der Waals surface area contributed by atoms with Crippen LogP contribution in [0.15, 0.2) is 36.7 Å². The van der Waals surface area contributed by atoms with Gasteiger partial charge in [-0.25, -0.2) is 14.4 Å². The molecule has 0 bridgehead atoms. The first-order valence-corrected chi connectivity index (χ1v) is 11.2. The third-order valence-corrected chi connectivity index (χ3v) is 6.00. The summed E-state index contributed by atoms with van der Waals surface area (Å²) in [5, 5.41) is 7.25. The second-order valence-corrected chi connectivity index (χ2v) is 8.58. The zero-order valence-electron chi connectivity index (χ0n) is 18.5. The van der Waals surface area contributed by atoms with Crippen molar-refractivity contribution in [1.29, 1.82) is 0 Å². The predicted octanol–water partition coefficient (Wildman–Crippen LogP) is 5.04. The first-order chi connectivity index (χ1) is 15.9. The van der Waals surface area contributed by atoms with Crippen LogP contribution in [0.4, 0.5) is 15.9 Å². The number of ketones is 1. The lowest BCUT2D eigenvalue weighted by atomic mass is 9.93. The number of carbonyl (C=O) groups is 1. The van der Waals surface area contributed by atoms with E-state index in [0.29, 0.717) is 41.1 Å². The topological polar surface area (TPSA) is 85.4 Å². The Morgan fingerprint density at radius 3 is 2.64 bits per heavy atom. The predicted molar refractivity (Wildman–Crippen MR) is 126 cm³/mol. The highest BCUT2D eigenvalue weighted by Crippen LogP contribution is 2.37. The number of hydrogen-bond acceptors (Lipinski definition) is 7. The summed E-state index contributed by atoms with van der Waals surface area (Å²) in [7, 11) is 1.59. The molecule has 174 valence electrons. The van der Waals surface area contributed by atoms with Gasteiger partial charge in [-0.3, -0.25) is 4.79 Å². The summed E-state index contributed by atoms with van der Waals surface area (Å²) in [5.41, 5.74) is 1.29. The molecule has 9 heteroatoms. The summed E-state index contributed by atoms with van der Waals surface area (Å²) >= 11 is 5.91. The minimum absolute atomic E-state index is 0.0254. The summed E-state index contributed by atoms with van der Waals surface area (Å²) in [6, 6.07) is 8.41. The van der Waals surface area contributed by atoms with Crippen LogP contribution < -0.4 is 20.1 Å². The molecule has 1 aliphatic carbocycles. The lowest BCUT2D eigenvalue weighted by Crippen LogP contribution is -2.38. The van der Waals surface area contributed by atoms with Crippen LogP contribution in [0.25, 0.3) is 10.9 Å². The van der Waals surface area contributed by atoms with Crippen molar-refractivity contribution in [3.05, 3.63) is 47.5 Å². The van der Waals surface area contributed by atoms with Gasteiger partial charge in [0.15, 0.2) is 11.5 Å². The Balaban J connectivity index is 1.54. The minimum atomic E-state index is -0.485. The highest BCUT2D eigenvalue weighted by molar-refractivity contribution is 6.31. The molecule has 0 atom stereocenters. The van der Waals surface area contributed by atoms with Gasteiger partial charge >= 0.3 is 0 Å². The normalized spacial score (nSPS) is 18.2. The van der Waals surface area contributed by atoms with Crippen LogP contribution in [0.2, 0.25) is 5.02 Å². The fraction of sp³-hybridized carbons (Fsp3) is 0.375. The largest absolute Gasteiger partial charge is 0.493 e. The standard InChI is InChI=1S/C24H26ClFN4O3/c1-14(31)12-27-15-3-6-17(7-4-15)33-23-10-18-21(11-22(23)32-2)28-13-29-24(18)30-16-5-8-20(26)19(25)9-16/h5,8-11,13,15,17,27H,3-4,6-7,12H2,1-2H3,(H,28,29,30). The number of nitrogens with zero attached hydrogens (tertiary/aromatic N) is 2. The van der Waals surface area contributed by atoms with E-state index in [-0.39, 0.29) is 16.9 Å². The Kier molecular flexibility index (Phi) is 7.25. The van der Waals surface area contributed by atoms with E-state index in [1.807, 2.05) is 12.1 Å². The fourth-order valence-corrected chi connectivity index (χ4v) is 4.16. The summed E-state index contributed by atoms with van der Waals surface area (Å²) in [4.78, 5) is 19.9. The number of halogens is 2. The molecular weight excluding hydrogens is 447 g/mol. The molecule has 1 aromatic heterocycles. The summed E-state index contributed by atoms with van der Waals surface area (Å²) in [6.07, 6.45) is 5.13. The van der Waals surface area contributed by atoms with E-state index < -0.39 is 5.82 Å². The van der Waals surface area contributed by atoms with E-state index in [4.69, 9.17) is 21.1 Å². The van der Waals surface area contributed by atoms with Crippen LogP contribution in [0.3, 0.4) is 0 Å². The van der Waals surface area contributed by atoms with Crippen molar-refractivity contribution in [3.8, 4) is 11.5 Å². The molecule has 1 heterocycles. The van der Waals surface area contributed by atoms with Crippen LogP contribution in [0.1, 0.15) is 32.6 Å². The number of rotatable bonds is 8. The molecule has 0 radical (unpaired) electrons. The van der Waals surface area contributed by atoms with Crippen molar-refractivity contribution in [3.63, 3.8) is 0 Å². The summed E-state index contributed by atoms with van der Waals surface area (Å²) < 4.78 is 25.4. The van der Waals surface area contributed by atoms with Crippen LogP contribution in [-0.2, 0) is 4.79 Å². The Labute approximate surface area is 196 Å². The fourth-order valence-electron chi connectivity index (χ4n) is 3.98. The van der Waals surface area contributed by atoms with E-state index in [1.165, 1.54) is 18.5 Å². The number of fused-ring (bicyclic) bond motifs is 1. The number of anilines is 2. The lowest BCUT2D eigenvalue weighted by molar-refractivity contribution is -0.116. The van der Waals surface area contributed by atoms with Gasteiger partial charge in [-0.15, -0.1) is 0 Å². The van der Waals surface area contributed by atoms with Gasteiger partial charge in [0.25, 0.3) is 0 Å². The molecule has 7 nitrogen and oxygen atoms in total. The molecule has 1 aliphatic rings. The maximum Gasteiger partial charge on any atom is 0.162 e. The van der Waals surface area contributed by atoms with Crippen LogP contribution in [-0.4, -0.2) is 41.6 Å². The second-order valence-electron chi connectivity index (χ2n) is 8.17. The van der Waals surface area contributed by atoms with E-state index in [9.17, 15) is 9.18 Å². The van der Waals surface area contributed by atoms with E-state index >= 15 is 0 Å². The summed E-state index contributed by atoms with van der Waals surface area (Å²) in [6.45, 7) is 2.00. The molecule has 4 rings (SSSR count). The van der Waals surface area contributed by atoms with Crippen molar-refractivity contribution < 1.29 is 18.7 Å². The Hall–Kier alpha value is -2.97. The minimum Gasteiger partial charge on any atom is -0.493 e. The molecule has 2 aromatic carbocycles. The molecule has 33 heavy (non-hydrogen) atoms. The number of carbonyl (C=O) groups excluding carboxylic acids is 1. The lowest BCUT2D eigenvalue weighted by Gasteiger charge is -2.30. The molecule has 0 amide bonds. The number of aromatic nitrogens is 2. The molecule has 2 N–H and O–H groups in total. The van der Waals surface area contributed by atoms with Crippen molar-refractivity contribution >= 4 is 39.8 Å². The smallest absolute Gasteiger partial charge is 0.162 e. The van der Waals surface area contributed by atoms with Gasteiger partial charge in [-0.2, -0.15) is 0 Å². The van der Waals surface area contributed by atoms with Gasteiger partial charge in [-0.05, 0) is 56.9 Å². The van der Waals surface area contributed by atoms with Gasteiger partial charge in [0.05, 0.1) is 30.3 Å². The third kappa shape index (κ3) is 5.69. The summed E-state index contributed by atoms with van der Waals surface area (Å²) in [5.74, 6) is 1.41. The monoisotopic (exact) mass is 472 g/mol. The number of ether oxygens (including phenoxy) is 2. The van der Waals surface area contributed by atoms with Crippen molar-refractivity contribution in [2.45, 2.75) is 44.8 Å². The molecule has 0 unspecified atom stereocenters. The van der Waals surface area contributed by atoms with Crippen LogP contribution in [0, 0.1) is 5.82 Å². The molecule has 1 fully saturated rings. The van der Waals surface area contributed by atoms with E-state index in [1.54, 1.807) is 20.1 Å². The van der Waals surface area contributed by atoms with Gasteiger partial charge < -0.3 is 20.1 Å². The number of benzene rings is 2. The number of methoxy groups -OCH3 is 1. The van der Waals surface area contributed by atoms with Gasteiger partial charge in [-0.1, -0.05) is 11.6 Å². The maximum atomic E-state index is 13.5. The molecule has 3 aromatic rings. The van der Waals surface area contributed by atoms with Crippen LogP contribution >= 0.6 is 11.6 Å². The molecule has 0 aliphatic heterocycles. The van der Waals surface area contributed by atoms with E-state index in [2.05, 4.69) is 20.6 Å². The first-order valence-electron chi connectivity index (χ1n) is 10.9. The number of nitrogens with one attached hydrogen (secondary N) is 2. The molecule has 0 spiro atoms. The van der Waals surface area contributed by atoms with Crippen molar-refractivity contribution in [1.82, 2.24) is 15.3 Å². The van der Waals surface area contributed by atoms with Gasteiger partial charge in [0.2, 0.25) is 0 Å². The number of Topliss-reactive ketones (excluding diaryl/α,β-unsaturated/α-hetero) is 1. The van der Waals surface area contributed by atoms with Crippen molar-refractivity contribution in [2.75, 3.05) is 19.0 Å². The average molecular weight is 473 g/mol. The third-order valence-electron chi connectivity index (χ3n) is 5.71. The average Bonchev–Trinajstić information content (AvgIpc) is 2.81. The SMILES string of the molecule is COc1cc2ncnc(Nc3ccc(F)c(Cl)c3)c2cc1OC1CCC(NCC(C)=O)CC1. The molecule has 0 saturated heterocycles. The van der Waals surface area contributed by atoms with Gasteiger partial charge in [0, 0.05) is 23.2 Å². The van der Waals surface area contributed by atoms with Gasteiger partial charge in [0.1, 0.15) is 23.7 Å². The Morgan fingerprint density at radius 1 is 1.15 bits per heavy atom. The Bertz CT molecular complexity index is 1150. The second kappa shape index (κ2) is 10.3. The highest BCUT2D eigenvalue weighted by Gasteiger charge is 2.24. The Morgan fingerprint density at radius 2 is 1.94 bits per heavy atom. The number of hydrogen-bond donors (Lipinski definition) is 2. The molecular formula is C24H26ClFN4O3. The zero-order chi connectivity index (χ0) is 23.4. The van der Waals surface area contributed by atoms with E-state index in [0.717, 1.165) is 31.1 Å². The first kappa shape index (κ1) is 23.2. The quantitative estimate of drug-likeness (QED) is 0.474. The zero-order valence-corrected chi connectivity index (χ0v) is 19.3. The highest BCUT2D eigenvalue weighted by atomic mass is 35.5.